The molecule has 0 unspecified atom stereocenters. The summed E-state index contributed by atoms with van der Waals surface area (Å²) in [7, 11) is 0. The molecule has 1 aliphatic rings. The van der Waals surface area contributed by atoms with Crippen molar-refractivity contribution in [2.75, 3.05) is 0 Å². The second-order valence-corrected chi connectivity index (χ2v) is 3.77. The number of imidazole rings is 1. The van der Waals surface area contributed by atoms with Crippen LogP contribution in [-0.4, -0.2) is 25.4 Å². The van der Waals surface area contributed by atoms with E-state index in [1.165, 1.54) is 25.7 Å². The van der Waals surface area contributed by atoms with Gasteiger partial charge in [0.25, 0.3) is 0 Å². The van der Waals surface area contributed by atoms with Crippen molar-refractivity contribution in [2.24, 2.45) is 0 Å². The summed E-state index contributed by atoms with van der Waals surface area (Å²) in [5.74, 6) is 1.64. The highest BCUT2D eigenvalue weighted by Crippen LogP contribution is 2.32. The van der Waals surface area contributed by atoms with Crippen molar-refractivity contribution >= 4 is 11.2 Å². The molecule has 14 heavy (non-hydrogen) atoms. The minimum atomic E-state index is 0.587. The van der Waals surface area contributed by atoms with E-state index >= 15 is 0 Å². The van der Waals surface area contributed by atoms with Gasteiger partial charge in [-0.05, 0) is 18.1 Å². The van der Waals surface area contributed by atoms with Crippen LogP contribution in [0.5, 0.6) is 0 Å². The molecule has 0 aliphatic heterocycles. The Labute approximate surface area is 81.0 Å². The van der Waals surface area contributed by atoms with E-state index in [9.17, 15) is 0 Å². The number of fused-ring (bicyclic) bond motifs is 1. The molecule has 72 valence electrons. The topological polar surface area (TPSA) is 67.3 Å². The van der Waals surface area contributed by atoms with Crippen molar-refractivity contribution in [3.63, 3.8) is 0 Å². The Morgan fingerprint density at radius 2 is 2.14 bits per heavy atom. The number of hydrogen-bond acceptors (Lipinski definition) is 4. The SMILES string of the molecule is c1nnnc2nc(C3CCCC3)[nH]c12. The molecule has 3 rings (SSSR count). The minimum absolute atomic E-state index is 0.587. The minimum Gasteiger partial charge on any atom is -0.339 e. The van der Waals surface area contributed by atoms with Gasteiger partial charge in [0, 0.05) is 5.92 Å². The van der Waals surface area contributed by atoms with Crippen LogP contribution in [0.15, 0.2) is 6.20 Å². The normalized spacial score (nSPS) is 18.0. The average Bonchev–Trinajstić information content (AvgIpc) is 2.86. The Bertz CT molecular complexity index is 410. The third-order valence-electron chi connectivity index (χ3n) is 2.85. The summed E-state index contributed by atoms with van der Waals surface area (Å²) in [6.45, 7) is 0. The predicted molar refractivity (Wildman–Crippen MR) is 50.7 cm³/mol. The molecule has 0 amide bonds. The van der Waals surface area contributed by atoms with Gasteiger partial charge in [-0.3, -0.25) is 0 Å². The van der Waals surface area contributed by atoms with E-state index in [1.807, 2.05) is 0 Å². The lowest BCUT2D eigenvalue weighted by molar-refractivity contribution is 0.680. The first kappa shape index (κ1) is 7.84. The largest absolute Gasteiger partial charge is 0.339 e. The monoisotopic (exact) mass is 189 g/mol. The first-order valence-corrected chi connectivity index (χ1v) is 4.97. The van der Waals surface area contributed by atoms with Crippen molar-refractivity contribution in [3.05, 3.63) is 12.0 Å². The predicted octanol–water partition coefficient (Wildman–Crippen LogP) is 1.41. The van der Waals surface area contributed by atoms with Crippen molar-refractivity contribution < 1.29 is 0 Å². The first-order chi connectivity index (χ1) is 6.93. The van der Waals surface area contributed by atoms with Crippen LogP contribution in [0, 0.1) is 0 Å². The highest BCUT2D eigenvalue weighted by atomic mass is 15.3. The van der Waals surface area contributed by atoms with Crippen LogP contribution in [0.4, 0.5) is 0 Å². The Balaban J connectivity index is 2.05. The molecular weight excluding hydrogens is 178 g/mol. The fraction of sp³-hybridized carbons (Fsp3) is 0.556. The van der Waals surface area contributed by atoms with E-state index in [0.29, 0.717) is 11.6 Å². The number of rotatable bonds is 1. The van der Waals surface area contributed by atoms with Gasteiger partial charge in [-0.1, -0.05) is 12.8 Å². The Kier molecular flexibility index (Phi) is 1.68. The van der Waals surface area contributed by atoms with Gasteiger partial charge in [0.2, 0.25) is 5.65 Å². The number of H-pyrrole nitrogens is 1. The van der Waals surface area contributed by atoms with Crippen molar-refractivity contribution in [2.45, 2.75) is 31.6 Å². The molecule has 1 N–H and O–H groups in total. The summed E-state index contributed by atoms with van der Waals surface area (Å²) < 4.78 is 0. The van der Waals surface area contributed by atoms with Gasteiger partial charge < -0.3 is 4.98 Å². The fourth-order valence-electron chi connectivity index (χ4n) is 2.11. The Hall–Kier alpha value is -1.52. The lowest BCUT2D eigenvalue weighted by atomic mass is 10.1. The molecule has 5 nitrogen and oxygen atoms in total. The molecule has 1 saturated carbocycles. The quantitative estimate of drug-likeness (QED) is 0.736. The zero-order valence-electron chi connectivity index (χ0n) is 7.77. The number of hydrogen-bond donors (Lipinski definition) is 1. The Morgan fingerprint density at radius 3 is 2.93 bits per heavy atom. The highest BCUT2D eigenvalue weighted by molar-refractivity contribution is 5.68. The van der Waals surface area contributed by atoms with E-state index in [0.717, 1.165) is 11.3 Å². The van der Waals surface area contributed by atoms with Gasteiger partial charge in [-0.25, -0.2) is 4.98 Å². The van der Waals surface area contributed by atoms with Gasteiger partial charge in [-0.2, -0.15) is 0 Å². The van der Waals surface area contributed by atoms with Gasteiger partial charge in [0.05, 0.1) is 6.20 Å². The van der Waals surface area contributed by atoms with Crippen molar-refractivity contribution in [1.82, 2.24) is 25.4 Å². The molecule has 2 aromatic rings. The van der Waals surface area contributed by atoms with E-state index in [-0.39, 0.29) is 0 Å². The summed E-state index contributed by atoms with van der Waals surface area (Å²) in [6.07, 6.45) is 6.77. The maximum Gasteiger partial charge on any atom is 0.203 e. The van der Waals surface area contributed by atoms with Gasteiger partial charge in [0.15, 0.2) is 0 Å². The molecule has 0 aromatic carbocycles. The fourth-order valence-corrected chi connectivity index (χ4v) is 2.11. The molecule has 2 heterocycles. The summed E-state index contributed by atoms with van der Waals surface area (Å²) in [5.41, 5.74) is 1.57. The smallest absolute Gasteiger partial charge is 0.203 e. The van der Waals surface area contributed by atoms with E-state index in [4.69, 9.17) is 0 Å². The number of aromatic amines is 1. The Morgan fingerprint density at radius 1 is 1.29 bits per heavy atom. The molecule has 0 saturated heterocycles. The first-order valence-electron chi connectivity index (χ1n) is 4.97. The summed E-state index contributed by atoms with van der Waals surface area (Å²) >= 11 is 0. The molecule has 1 fully saturated rings. The van der Waals surface area contributed by atoms with Crippen LogP contribution in [0.25, 0.3) is 11.2 Å². The van der Waals surface area contributed by atoms with Gasteiger partial charge in [0.1, 0.15) is 11.3 Å². The molecule has 0 spiro atoms. The molecular formula is C9H11N5. The summed E-state index contributed by atoms with van der Waals surface area (Å²) in [5, 5.41) is 11.2. The van der Waals surface area contributed by atoms with E-state index in [2.05, 4.69) is 25.4 Å². The second-order valence-electron chi connectivity index (χ2n) is 3.77. The number of nitrogens with zero attached hydrogens (tertiary/aromatic N) is 4. The third-order valence-corrected chi connectivity index (χ3v) is 2.85. The highest BCUT2D eigenvalue weighted by Gasteiger charge is 2.20. The van der Waals surface area contributed by atoms with Crippen LogP contribution in [0.1, 0.15) is 37.4 Å². The average molecular weight is 189 g/mol. The standard InChI is InChI=1S/C9H11N5/c1-2-4-6(3-1)8-11-7-5-10-14-13-9(7)12-8/h5-6H,1-4H2,(H,10,11,12,13). The van der Waals surface area contributed by atoms with Gasteiger partial charge >= 0.3 is 0 Å². The van der Waals surface area contributed by atoms with Crippen LogP contribution in [0.2, 0.25) is 0 Å². The molecule has 0 radical (unpaired) electrons. The zero-order valence-corrected chi connectivity index (χ0v) is 7.77. The lowest BCUT2D eigenvalue weighted by Crippen LogP contribution is -1.94. The molecule has 2 aromatic heterocycles. The molecule has 1 aliphatic carbocycles. The molecule has 0 bridgehead atoms. The molecule has 5 heteroatoms. The van der Waals surface area contributed by atoms with Crippen LogP contribution >= 0.6 is 0 Å². The maximum atomic E-state index is 4.43. The van der Waals surface area contributed by atoms with Crippen molar-refractivity contribution in [3.8, 4) is 0 Å². The summed E-state index contributed by atoms with van der Waals surface area (Å²) in [6, 6.07) is 0. The van der Waals surface area contributed by atoms with E-state index < -0.39 is 0 Å². The lowest BCUT2D eigenvalue weighted by Gasteiger charge is -2.02. The van der Waals surface area contributed by atoms with Crippen LogP contribution in [0.3, 0.4) is 0 Å². The van der Waals surface area contributed by atoms with Crippen LogP contribution < -0.4 is 0 Å². The van der Waals surface area contributed by atoms with E-state index in [1.54, 1.807) is 6.20 Å². The number of aromatic nitrogens is 5. The number of nitrogens with one attached hydrogen (secondary N) is 1. The molecule has 0 atom stereocenters. The van der Waals surface area contributed by atoms with Crippen molar-refractivity contribution in [1.29, 1.82) is 0 Å². The maximum absolute atomic E-state index is 4.43. The third kappa shape index (κ3) is 1.16. The second kappa shape index (κ2) is 3.01. The summed E-state index contributed by atoms with van der Waals surface area (Å²) in [4.78, 5) is 7.69. The zero-order chi connectivity index (χ0) is 9.38. The van der Waals surface area contributed by atoms with Crippen LogP contribution in [-0.2, 0) is 0 Å². The van der Waals surface area contributed by atoms with Gasteiger partial charge in [-0.15, -0.1) is 10.2 Å².